The van der Waals surface area contributed by atoms with Crippen LogP contribution in [0.4, 0.5) is 5.69 Å². The van der Waals surface area contributed by atoms with Crippen LogP contribution < -0.4 is 11.1 Å². The van der Waals surface area contributed by atoms with Crippen molar-refractivity contribution in [3.8, 4) is 5.69 Å². The number of hydrogen-bond acceptors (Lipinski definition) is 6. The molecular formula is C11H14N6O2. The summed E-state index contributed by atoms with van der Waals surface area (Å²) in [6.07, 6.45) is 1.44. The molecule has 0 aliphatic heterocycles. The van der Waals surface area contributed by atoms with E-state index in [4.69, 9.17) is 10.5 Å². The van der Waals surface area contributed by atoms with Gasteiger partial charge in [-0.1, -0.05) is 12.1 Å². The van der Waals surface area contributed by atoms with E-state index in [1.807, 2.05) is 6.07 Å². The van der Waals surface area contributed by atoms with Gasteiger partial charge in [0.1, 0.15) is 12.4 Å². The predicted molar refractivity (Wildman–Crippen MR) is 67.6 cm³/mol. The van der Waals surface area contributed by atoms with E-state index >= 15 is 0 Å². The van der Waals surface area contributed by atoms with E-state index in [0.717, 1.165) is 0 Å². The molecule has 0 saturated heterocycles. The van der Waals surface area contributed by atoms with Gasteiger partial charge in [0, 0.05) is 7.11 Å². The lowest BCUT2D eigenvalue weighted by Gasteiger charge is -2.13. The number of nitrogens with zero attached hydrogens (tertiary/aromatic N) is 4. The van der Waals surface area contributed by atoms with E-state index in [1.165, 1.54) is 18.1 Å². The Morgan fingerprint density at radius 2 is 2.32 bits per heavy atom. The number of tetrazole rings is 1. The molecule has 2 aromatic rings. The van der Waals surface area contributed by atoms with Crippen molar-refractivity contribution < 1.29 is 9.53 Å². The maximum Gasteiger partial charge on any atom is 0.243 e. The van der Waals surface area contributed by atoms with Gasteiger partial charge in [0.15, 0.2) is 0 Å². The van der Waals surface area contributed by atoms with Gasteiger partial charge in [0.05, 0.1) is 18.0 Å². The maximum atomic E-state index is 11.8. The van der Waals surface area contributed by atoms with Crippen molar-refractivity contribution in [2.75, 3.05) is 19.0 Å². The summed E-state index contributed by atoms with van der Waals surface area (Å²) in [6, 6.07) is 6.42. The Labute approximate surface area is 109 Å². The molecule has 1 atom stereocenters. The van der Waals surface area contributed by atoms with E-state index in [1.54, 1.807) is 18.2 Å². The number of methoxy groups -OCH3 is 1. The minimum absolute atomic E-state index is 0.152. The Morgan fingerprint density at radius 3 is 3.00 bits per heavy atom. The molecule has 0 bridgehead atoms. The van der Waals surface area contributed by atoms with E-state index < -0.39 is 6.04 Å². The fourth-order valence-corrected chi connectivity index (χ4v) is 1.53. The summed E-state index contributed by atoms with van der Waals surface area (Å²) < 4.78 is 6.30. The molecule has 8 nitrogen and oxygen atoms in total. The summed E-state index contributed by atoms with van der Waals surface area (Å²) in [7, 11) is 1.49. The van der Waals surface area contributed by atoms with Crippen molar-refractivity contribution in [2.24, 2.45) is 5.73 Å². The minimum atomic E-state index is -0.730. The Bertz CT molecular complexity index is 542. The lowest BCUT2D eigenvalue weighted by molar-refractivity contribution is -0.118. The molecule has 0 saturated carbocycles. The normalized spacial score (nSPS) is 12.1. The van der Waals surface area contributed by atoms with Gasteiger partial charge >= 0.3 is 0 Å². The number of anilines is 1. The predicted octanol–water partition coefficient (Wildman–Crippen LogP) is -0.426. The Kier molecular flexibility index (Phi) is 4.16. The Morgan fingerprint density at radius 1 is 1.53 bits per heavy atom. The Hall–Kier alpha value is -2.32. The summed E-state index contributed by atoms with van der Waals surface area (Å²) >= 11 is 0. The monoisotopic (exact) mass is 262 g/mol. The first-order valence-corrected chi connectivity index (χ1v) is 5.60. The second-order valence-electron chi connectivity index (χ2n) is 3.82. The molecule has 1 amide bonds. The molecule has 0 spiro atoms. The number of aromatic nitrogens is 4. The fraction of sp³-hybridized carbons (Fsp3) is 0.273. The Balaban J connectivity index is 2.19. The van der Waals surface area contributed by atoms with Crippen molar-refractivity contribution in [3.05, 3.63) is 30.6 Å². The summed E-state index contributed by atoms with van der Waals surface area (Å²) in [6.45, 7) is 0.152. The largest absolute Gasteiger partial charge is 0.383 e. The van der Waals surface area contributed by atoms with Crippen LogP contribution in [0, 0.1) is 0 Å². The third kappa shape index (κ3) is 3.12. The summed E-state index contributed by atoms with van der Waals surface area (Å²) in [5.74, 6) is -0.331. The minimum Gasteiger partial charge on any atom is -0.383 e. The van der Waals surface area contributed by atoms with Gasteiger partial charge in [-0.15, -0.1) is 5.10 Å². The van der Waals surface area contributed by atoms with Crippen molar-refractivity contribution in [2.45, 2.75) is 6.04 Å². The van der Waals surface area contributed by atoms with Gasteiger partial charge in [-0.2, -0.15) is 4.68 Å². The summed E-state index contributed by atoms with van der Waals surface area (Å²) in [5, 5.41) is 13.6. The lowest BCUT2D eigenvalue weighted by atomic mass is 10.2. The number of amides is 1. The van der Waals surface area contributed by atoms with Crippen molar-refractivity contribution in [1.82, 2.24) is 20.2 Å². The van der Waals surface area contributed by atoms with Crippen molar-refractivity contribution >= 4 is 11.6 Å². The highest BCUT2D eigenvalue weighted by Crippen LogP contribution is 2.18. The van der Waals surface area contributed by atoms with Gasteiger partial charge in [-0.05, 0) is 22.6 Å². The number of para-hydroxylation sites is 2. The van der Waals surface area contributed by atoms with Crippen molar-refractivity contribution in [1.29, 1.82) is 0 Å². The maximum absolute atomic E-state index is 11.8. The summed E-state index contributed by atoms with van der Waals surface area (Å²) in [5.41, 5.74) is 6.89. The number of carbonyl (C=O) groups excluding carboxylic acids is 1. The average Bonchev–Trinajstić information content (AvgIpc) is 2.93. The van der Waals surface area contributed by atoms with E-state index in [-0.39, 0.29) is 12.5 Å². The van der Waals surface area contributed by atoms with Gasteiger partial charge in [0.2, 0.25) is 5.91 Å². The van der Waals surface area contributed by atoms with Gasteiger partial charge in [-0.25, -0.2) is 0 Å². The van der Waals surface area contributed by atoms with Crippen LogP contribution in [0.5, 0.6) is 0 Å². The van der Waals surface area contributed by atoms with Gasteiger partial charge in [-0.3, -0.25) is 4.79 Å². The SMILES string of the molecule is COCC(N)C(=O)Nc1ccccc1-n1cnnn1. The van der Waals surface area contributed by atoms with Gasteiger partial charge in [0.25, 0.3) is 0 Å². The zero-order valence-corrected chi connectivity index (χ0v) is 10.4. The first kappa shape index (κ1) is 13.1. The molecule has 0 radical (unpaired) electrons. The number of ether oxygens (including phenoxy) is 1. The van der Waals surface area contributed by atoms with Crippen LogP contribution in [0.2, 0.25) is 0 Å². The molecule has 1 heterocycles. The number of rotatable bonds is 5. The molecule has 3 N–H and O–H groups in total. The third-order valence-corrected chi connectivity index (χ3v) is 2.44. The second kappa shape index (κ2) is 6.03. The molecule has 100 valence electrons. The number of nitrogens with two attached hydrogens (primary N) is 1. The van der Waals surface area contributed by atoms with Crippen LogP contribution >= 0.6 is 0 Å². The quantitative estimate of drug-likeness (QED) is 0.757. The average molecular weight is 262 g/mol. The second-order valence-corrected chi connectivity index (χ2v) is 3.82. The molecule has 8 heteroatoms. The molecule has 0 aliphatic carbocycles. The molecule has 0 fully saturated rings. The first-order valence-electron chi connectivity index (χ1n) is 5.60. The molecule has 2 rings (SSSR count). The fourth-order valence-electron chi connectivity index (χ4n) is 1.53. The number of benzene rings is 1. The topological polar surface area (TPSA) is 108 Å². The smallest absolute Gasteiger partial charge is 0.243 e. The molecular weight excluding hydrogens is 248 g/mol. The zero-order chi connectivity index (χ0) is 13.7. The number of hydrogen-bond donors (Lipinski definition) is 2. The van der Waals surface area contributed by atoms with Crippen LogP contribution in [0.15, 0.2) is 30.6 Å². The lowest BCUT2D eigenvalue weighted by Crippen LogP contribution is -2.39. The van der Waals surface area contributed by atoms with E-state index in [9.17, 15) is 4.79 Å². The van der Waals surface area contributed by atoms with E-state index in [0.29, 0.717) is 11.4 Å². The van der Waals surface area contributed by atoms with Crippen LogP contribution in [-0.2, 0) is 9.53 Å². The molecule has 0 aliphatic rings. The molecule has 1 aromatic heterocycles. The molecule has 19 heavy (non-hydrogen) atoms. The highest BCUT2D eigenvalue weighted by atomic mass is 16.5. The highest BCUT2D eigenvalue weighted by molar-refractivity contribution is 5.96. The van der Waals surface area contributed by atoms with Crippen LogP contribution in [0.25, 0.3) is 5.69 Å². The standard InChI is InChI=1S/C11H14N6O2/c1-19-6-8(12)11(18)14-9-4-2-3-5-10(9)17-7-13-15-16-17/h2-5,7-8H,6,12H2,1H3,(H,14,18). The molecule has 1 aromatic carbocycles. The van der Waals surface area contributed by atoms with E-state index in [2.05, 4.69) is 20.8 Å². The number of carbonyl (C=O) groups is 1. The van der Waals surface area contributed by atoms with Crippen LogP contribution in [-0.4, -0.2) is 45.9 Å². The van der Waals surface area contributed by atoms with Gasteiger partial charge < -0.3 is 15.8 Å². The zero-order valence-electron chi connectivity index (χ0n) is 10.4. The third-order valence-electron chi connectivity index (χ3n) is 2.44. The van der Waals surface area contributed by atoms with Crippen LogP contribution in [0.3, 0.4) is 0 Å². The summed E-state index contributed by atoms with van der Waals surface area (Å²) in [4.78, 5) is 11.8. The highest BCUT2D eigenvalue weighted by Gasteiger charge is 2.15. The van der Waals surface area contributed by atoms with Crippen molar-refractivity contribution in [3.63, 3.8) is 0 Å². The van der Waals surface area contributed by atoms with Crippen LogP contribution in [0.1, 0.15) is 0 Å². The molecule has 1 unspecified atom stereocenters. The number of nitrogens with one attached hydrogen (secondary N) is 1. The first-order chi connectivity index (χ1) is 9.22.